The highest BCUT2D eigenvalue weighted by atomic mass is 32.2. The van der Waals surface area contributed by atoms with Gasteiger partial charge in [-0.05, 0) is 53.6 Å². The highest BCUT2D eigenvalue weighted by molar-refractivity contribution is 7.92. The van der Waals surface area contributed by atoms with Crippen molar-refractivity contribution < 1.29 is 26.4 Å². The van der Waals surface area contributed by atoms with Crippen LogP contribution in [0.25, 0.3) is 6.08 Å². The molecule has 0 bridgehead atoms. The van der Waals surface area contributed by atoms with Crippen LogP contribution in [-0.4, -0.2) is 29.9 Å². The molecule has 0 heterocycles. The maximum atomic E-state index is 12.7. The summed E-state index contributed by atoms with van der Waals surface area (Å²) in [5, 5.41) is 7.73. The largest absolute Gasteiger partial charge is 0.495 e. The molecule has 3 aromatic carbocycles. The van der Waals surface area contributed by atoms with Gasteiger partial charge in [-0.2, -0.15) is 0 Å². The Kier molecular flexibility index (Phi) is 7.72. The Labute approximate surface area is 198 Å². The molecule has 0 saturated heterocycles. The Hall–Kier alpha value is -3.67. The van der Waals surface area contributed by atoms with Crippen LogP contribution in [0, 0.1) is 0 Å². The van der Waals surface area contributed by atoms with Crippen LogP contribution in [0.1, 0.15) is 11.1 Å². The van der Waals surface area contributed by atoms with E-state index >= 15 is 0 Å². The molecule has 0 saturated carbocycles. The summed E-state index contributed by atoms with van der Waals surface area (Å²) in [5.41, 5.74) is 1.65. The van der Waals surface area contributed by atoms with Gasteiger partial charge in [0, 0.05) is 12.6 Å². The van der Waals surface area contributed by atoms with Gasteiger partial charge in [0.15, 0.2) is 0 Å². The predicted octanol–water partition coefficient (Wildman–Crippen LogP) is 2.47. The van der Waals surface area contributed by atoms with Gasteiger partial charge in [0.05, 0.1) is 22.6 Å². The summed E-state index contributed by atoms with van der Waals surface area (Å²) in [4.78, 5) is 12.1. The number of anilines is 1. The quantitative estimate of drug-likeness (QED) is 0.384. The molecule has 34 heavy (non-hydrogen) atoms. The molecule has 3 aromatic rings. The smallest absolute Gasteiger partial charge is 0.262 e. The number of sulfonamides is 2. The van der Waals surface area contributed by atoms with Crippen LogP contribution in [0.2, 0.25) is 0 Å². The first kappa shape index (κ1) is 25.0. The summed E-state index contributed by atoms with van der Waals surface area (Å²) < 4.78 is 55.5. The fourth-order valence-electron chi connectivity index (χ4n) is 2.91. The predicted molar refractivity (Wildman–Crippen MR) is 129 cm³/mol. The third-order valence-electron chi connectivity index (χ3n) is 4.69. The van der Waals surface area contributed by atoms with Crippen molar-refractivity contribution >= 4 is 37.7 Å². The van der Waals surface area contributed by atoms with Crippen molar-refractivity contribution in [2.75, 3.05) is 11.8 Å². The zero-order chi connectivity index (χ0) is 24.8. The third kappa shape index (κ3) is 6.67. The van der Waals surface area contributed by atoms with Gasteiger partial charge in [0.2, 0.25) is 15.9 Å². The summed E-state index contributed by atoms with van der Waals surface area (Å²) >= 11 is 0. The van der Waals surface area contributed by atoms with Crippen molar-refractivity contribution in [3.8, 4) is 5.75 Å². The van der Waals surface area contributed by atoms with Crippen molar-refractivity contribution in [1.82, 2.24) is 5.32 Å². The Morgan fingerprint density at radius 3 is 2.15 bits per heavy atom. The molecule has 11 heteroatoms. The number of primary sulfonamides is 1. The molecule has 0 aliphatic heterocycles. The minimum absolute atomic E-state index is 0.00830. The van der Waals surface area contributed by atoms with Crippen molar-refractivity contribution in [1.29, 1.82) is 0 Å². The normalized spacial score (nSPS) is 11.8. The van der Waals surface area contributed by atoms with Gasteiger partial charge in [-0.25, -0.2) is 22.0 Å². The molecule has 0 aromatic heterocycles. The fourth-order valence-corrected chi connectivity index (χ4v) is 4.49. The second kappa shape index (κ2) is 10.5. The first-order chi connectivity index (χ1) is 16.1. The number of carbonyl (C=O) groups excluding carboxylic acids is 1. The number of carbonyl (C=O) groups is 1. The summed E-state index contributed by atoms with van der Waals surface area (Å²) in [7, 11) is -6.14. The number of hydrogen-bond acceptors (Lipinski definition) is 6. The molecule has 4 N–H and O–H groups in total. The minimum Gasteiger partial charge on any atom is -0.495 e. The van der Waals surface area contributed by atoms with E-state index in [2.05, 4.69) is 10.0 Å². The standard InChI is InChI=1S/C23H23N3O6S2/c1-32-22-5-3-2-4-21(22)26-34(30,31)20-13-6-17(7-14-20)10-15-23(27)25-16-18-8-11-19(12-9-18)33(24,28)29/h2-15,26H,16H2,1H3,(H,25,27)(H2,24,28,29)/b15-10+. The molecule has 0 aliphatic rings. The van der Waals surface area contributed by atoms with E-state index in [1.165, 1.54) is 37.5 Å². The molecule has 0 unspecified atom stereocenters. The number of nitrogens with two attached hydrogens (primary N) is 1. The molecule has 0 radical (unpaired) electrons. The zero-order valence-corrected chi connectivity index (χ0v) is 19.8. The lowest BCUT2D eigenvalue weighted by atomic mass is 10.2. The van der Waals surface area contributed by atoms with Gasteiger partial charge >= 0.3 is 0 Å². The molecule has 0 atom stereocenters. The van der Waals surface area contributed by atoms with E-state index < -0.39 is 20.0 Å². The molecule has 0 fully saturated rings. The SMILES string of the molecule is COc1ccccc1NS(=O)(=O)c1ccc(/C=C/C(=O)NCc2ccc(S(N)(=O)=O)cc2)cc1. The molecule has 178 valence electrons. The minimum atomic E-state index is -3.82. The number of ether oxygens (including phenoxy) is 1. The van der Waals surface area contributed by atoms with E-state index in [-0.39, 0.29) is 22.2 Å². The lowest BCUT2D eigenvalue weighted by molar-refractivity contribution is -0.116. The average molecular weight is 502 g/mol. The van der Waals surface area contributed by atoms with Crippen LogP contribution in [0.15, 0.2) is 88.7 Å². The Bertz CT molecular complexity index is 1400. The Balaban J connectivity index is 1.59. The van der Waals surface area contributed by atoms with Crippen LogP contribution < -0.4 is 19.9 Å². The van der Waals surface area contributed by atoms with Crippen molar-refractivity contribution in [2.45, 2.75) is 16.3 Å². The molecule has 0 aliphatic carbocycles. The number of methoxy groups -OCH3 is 1. The fraction of sp³-hybridized carbons (Fsp3) is 0.0870. The van der Waals surface area contributed by atoms with Crippen LogP contribution >= 0.6 is 0 Å². The van der Waals surface area contributed by atoms with E-state index in [9.17, 15) is 21.6 Å². The second-order valence-electron chi connectivity index (χ2n) is 7.11. The third-order valence-corrected chi connectivity index (χ3v) is 7.00. The van der Waals surface area contributed by atoms with Crippen LogP contribution in [0.5, 0.6) is 5.75 Å². The Morgan fingerprint density at radius 1 is 0.912 bits per heavy atom. The van der Waals surface area contributed by atoms with Gasteiger partial charge in [-0.15, -0.1) is 0 Å². The van der Waals surface area contributed by atoms with Crippen molar-refractivity contribution in [2.24, 2.45) is 5.14 Å². The van der Waals surface area contributed by atoms with Gasteiger partial charge in [0.25, 0.3) is 10.0 Å². The van der Waals surface area contributed by atoms with Crippen LogP contribution in [0.3, 0.4) is 0 Å². The first-order valence-corrected chi connectivity index (χ1v) is 12.9. The van der Waals surface area contributed by atoms with Crippen molar-refractivity contribution in [3.63, 3.8) is 0 Å². The van der Waals surface area contributed by atoms with Crippen molar-refractivity contribution in [3.05, 3.63) is 90.0 Å². The van der Waals surface area contributed by atoms with E-state index in [4.69, 9.17) is 9.88 Å². The first-order valence-electron chi connectivity index (χ1n) is 9.92. The van der Waals surface area contributed by atoms with E-state index in [0.29, 0.717) is 22.6 Å². The number of benzene rings is 3. The summed E-state index contributed by atoms with van der Waals surface area (Å²) in [6.45, 7) is 0.194. The van der Waals surface area contributed by atoms with Gasteiger partial charge in [0.1, 0.15) is 5.75 Å². The highest BCUT2D eigenvalue weighted by Gasteiger charge is 2.16. The van der Waals surface area contributed by atoms with Gasteiger partial charge in [-0.1, -0.05) is 36.4 Å². The summed E-state index contributed by atoms with van der Waals surface area (Å²) in [6.07, 6.45) is 2.86. The second-order valence-corrected chi connectivity index (χ2v) is 10.4. The maximum Gasteiger partial charge on any atom is 0.262 e. The van der Waals surface area contributed by atoms with E-state index in [0.717, 1.165) is 0 Å². The zero-order valence-electron chi connectivity index (χ0n) is 18.1. The number of amides is 1. The number of para-hydroxylation sites is 2. The topological polar surface area (TPSA) is 145 Å². The summed E-state index contributed by atoms with van der Waals surface area (Å²) in [6, 6.07) is 18.5. The van der Waals surface area contributed by atoms with Gasteiger partial charge in [-0.3, -0.25) is 9.52 Å². The average Bonchev–Trinajstić information content (AvgIpc) is 2.81. The summed E-state index contributed by atoms with van der Waals surface area (Å²) in [5.74, 6) is 0.0297. The van der Waals surface area contributed by atoms with Gasteiger partial charge < -0.3 is 10.1 Å². The molecule has 1 amide bonds. The monoisotopic (exact) mass is 501 g/mol. The molecular formula is C23H23N3O6S2. The van der Waals surface area contributed by atoms with Crippen LogP contribution in [-0.2, 0) is 31.4 Å². The lowest BCUT2D eigenvalue weighted by Crippen LogP contribution is -2.20. The molecule has 9 nitrogen and oxygen atoms in total. The molecule has 0 spiro atoms. The molecular weight excluding hydrogens is 478 g/mol. The molecule has 3 rings (SSSR count). The highest BCUT2D eigenvalue weighted by Crippen LogP contribution is 2.26. The van der Waals surface area contributed by atoms with E-state index in [1.54, 1.807) is 54.6 Å². The number of hydrogen-bond donors (Lipinski definition) is 3. The van der Waals surface area contributed by atoms with Crippen LogP contribution in [0.4, 0.5) is 5.69 Å². The lowest BCUT2D eigenvalue weighted by Gasteiger charge is -2.11. The number of nitrogens with one attached hydrogen (secondary N) is 2. The Morgan fingerprint density at radius 2 is 1.53 bits per heavy atom. The van der Waals surface area contributed by atoms with E-state index in [1.807, 2.05) is 0 Å². The number of rotatable bonds is 9. The maximum absolute atomic E-state index is 12.7.